The van der Waals surface area contributed by atoms with Gasteiger partial charge in [-0.25, -0.2) is 4.57 Å². The molecule has 0 amide bonds. The monoisotopic (exact) mass is 509 g/mol. The predicted octanol–water partition coefficient (Wildman–Crippen LogP) is 6.46. The molecule has 3 aromatic carbocycles. The van der Waals surface area contributed by atoms with E-state index in [4.69, 9.17) is 19.0 Å². The van der Waals surface area contributed by atoms with Crippen LogP contribution < -0.4 is 9.26 Å². The zero-order chi connectivity index (χ0) is 26.3. The first kappa shape index (κ1) is 27.7. The van der Waals surface area contributed by atoms with Crippen LogP contribution in [0.15, 0.2) is 78.9 Å². The molecule has 6 nitrogen and oxygen atoms in total. The number of hydrogen-bond acceptors (Lipinski definition) is 4. The van der Waals surface area contributed by atoms with Crippen molar-refractivity contribution >= 4 is 13.4 Å². The number of allylic oxidation sites excluding steroid dienone is 2. The van der Waals surface area contributed by atoms with Crippen LogP contribution in [0.3, 0.4) is 0 Å². The van der Waals surface area contributed by atoms with Gasteiger partial charge in [0.15, 0.2) is 0 Å². The number of ether oxygens (including phenoxy) is 1. The highest BCUT2D eigenvalue weighted by molar-refractivity contribution is 7.46. The van der Waals surface area contributed by atoms with Crippen molar-refractivity contribution < 1.29 is 23.6 Å². The van der Waals surface area contributed by atoms with Crippen molar-refractivity contribution in [3.63, 3.8) is 0 Å². The number of phosphoric ester groups is 1. The summed E-state index contributed by atoms with van der Waals surface area (Å²) in [5.41, 5.74) is 5.60. The largest absolute Gasteiger partial charge is 0.524 e. The lowest BCUT2D eigenvalue weighted by Crippen LogP contribution is -2.19. The minimum absolute atomic E-state index is 0.0974. The molecule has 0 bridgehead atoms. The third-order valence-corrected chi connectivity index (χ3v) is 6.44. The fourth-order valence-corrected chi connectivity index (χ4v) is 4.47. The lowest BCUT2D eigenvalue weighted by atomic mass is 9.81. The van der Waals surface area contributed by atoms with Gasteiger partial charge in [-0.05, 0) is 79.0 Å². The van der Waals surface area contributed by atoms with Crippen molar-refractivity contribution in [1.82, 2.24) is 4.90 Å². The molecule has 0 saturated heterocycles. The zero-order valence-corrected chi connectivity index (χ0v) is 22.5. The fraction of sp³-hybridized carbons (Fsp3) is 0.310. The van der Waals surface area contributed by atoms with Crippen LogP contribution in [0.4, 0.5) is 0 Å². The molecule has 0 aliphatic rings. The smallest absolute Gasteiger partial charge is 0.492 e. The van der Waals surface area contributed by atoms with Crippen molar-refractivity contribution in [2.45, 2.75) is 32.6 Å². The molecule has 0 fully saturated rings. The molecule has 3 rings (SSSR count). The lowest BCUT2D eigenvalue weighted by molar-refractivity contribution is 0.261. The Balaban J connectivity index is 1.98. The molecule has 1 unspecified atom stereocenters. The first-order valence-electron chi connectivity index (χ1n) is 12.1. The predicted molar refractivity (Wildman–Crippen MR) is 146 cm³/mol. The van der Waals surface area contributed by atoms with Crippen molar-refractivity contribution in [2.24, 2.45) is 0 Å². The number of hydrogen-bond donors (Lipinski definition) is 2. The minimum atomic E-state index is -4.62. The lowest BCUT2D eigenvalue weighted by Gasteiger charge is -2.23. The normalized spacial score (nSPS) is 13.2. The van der Waals surface area contributed by atoms with Gasteiger partial charge in [0.2, 0.25) is 0 Å². The van der Waals surface area contributed by atoms with Crippen LogP contribution in [0.2, 0.25) is 0 Å². The maximum atomic E-state index is 11.2. The van der Waals surface area contributed by atoms with Crippen molar-refractivity contribution in [3.05, 3.63) is 101 Å². The van der Waals surface area contributed by atoms with E-state index in [2.05, 4.69) is 61.2 Å². The quantitative estimate of drug-likeness (QED) is 0.289. The summed E-state index contributed by atoms with van der Waals surface area (Å²) >= 11 is 0. The molecule has 0 heterocycles. The summed E-state index contributed by atoms with van der Waals surface area (Å²) in [5, 5.41) is 0. The second-order valence-corrected chi connectivity index (χ2v) is 10.5. The molecular formula is C29H36NO5P. The van der Waals surface area contributed by atoms with E-state index in [-0.39, 0.29) is 11.7 Å². The third-order valence-electron chi connectivity index (χ3n) is 5.99. The fourth-order valence-electron chi connectivity index (χ4n) is 4.07. The van der Waals surface area contributed by atoms with Crippen LogP contribution in [0, 0.1) is 0 Å². The summed E-state index contributed by atoms with van der Waals surface area (Å²) in [5.74, 6) is 1.29. The molecule has 0 spiro atoms. The highest BCUT2D eigenvalue weighted by atomic mass is 31.2. The van der Waals surface area contributed by atoms with Crippen molar-refractivity contribution in [3.8, 4) is 11.5 Å². The molecule has 192 valence electrons. The van der Waals surface area contributed by atoms with E-state index < -0.39 is 7.82 Å². The van der Waals surface area contributed by atoms with Gasteiger partial charge in [0.05, 0.1) is 0 Å². The number of rotatable bonds is 11. The van der Waals surface area contributed by atoms with E-state index in [1.807, 2.05) is 45.3 Å². The highest BCUT2D eigenvalue weighted by Crippen LogP contribution is 2.41. The topological polar surface area (TPSA) is 79.2 Å². The molecule has 1 atom stereocenters. The highest BCUT2D eigenvalue weighted by Gasteiger charge is 2.22. The first-order chi connectivity index (χ1) is 17.1. The van der Waals surface area contributed by atoms with Gasteiger partial charge in [-0.3, -0.25) is 9.79 Å². The SMILES string of the molecule is C/C=C(\c1ccc(C(C)C)cc1)C(c1ccc(OCCN(C)C)cc1)c1ccc(OP(=O)(O)O)cc1. The Kier molecular flexibility index (Phi) is 9.52. The summed E-state index contributed by atoms with van der Waals surface area (Å²) in [6, 6.07) is 23.6. The molecule has 7 heteroatoms. The third kappa shape index (κ3) is 7.81. The average Bonchev–Trinajstić information content (AvgIpc) is 2.83. The van der Waals surface area contributed by atoms with Gasteiger partial charge < -0.3 is 14.2 Å². The molecule has 0 aliphatic heterocycles. The Morgan fingerprint density at radius 1 is 0.861 bits per heavy atom. The Bertz CT molecular complexity index is 1180. The average molecular weight is 510 g/mol. The molecule has 0 saturated carbocycles. The molecule has 36 heavy (non-hydrogen) atoms. The van der Waals surface area contributed by atoms with E-state index in [1.165, 1.54) is 5.56 Å². The summed E-state index contributed by atoms with van der Waals surface area (Å²) in [4.78, 5) is 20.4. The van der Waals surface area contributed by atoms with E-state index in [0.717, 1.165) is 34.6 Å². The Morgan fingerprint density at radius 2 is 1.36 bits per heavy atom. The van der Waals surface area contributed by atoms with Crippen molar-refractivity contribution in [2.75, 3.05) is 27.2 Å². The van der Waals surface area contributed by atoms with Gasteiger partial charge in [-0.15, -0.1) is 0 Å². The van der Waals surface area contributed by atoms with Gasteiger partial charge in [0.25, 0.3) is 0 Å². The van der Waals surface area contributed by atoms with E-state index in [1.54, 1.807) is 12.1 Å². The zero-order valence-electron chi connectivity index (χ0n) is 21.6. The van der Waals surface area contributed by atoms with Gasteiger partial charge in [-0.2, -0.15) is 0 Å². The Hall–Kier alpha value is -2.89. The molecule has 0 aliphatic carbocycles. The van der Waals surface area contributed by atoms with Gasteiger partial charge >= 0.3 is 7.82 Å². The second kappa shape index (κ2) is 12.4. The van der Waals surface area contributed by atoms with Gasteiger partial charge in [-0.1, -0.05) is 68.5 Å². The standard InChI is InChI=1S/C29H36NO5P/c1-6-28(23-9-7-22(8-10-23)21(2)3)29(25-13-17-27(18-14-25)35-36(31,32)33)24-11-15-26(16-12-24)34-20-19-30(4)5/h6-18,21,29H,19-20H2,1-5H3,(H2,31,32,33)/b28-6+. The van der Waals surface area contributed by atoms with E-state index >= 15 is 0 Å². The maximum absolute atomic E-state index is 11.2. The number of benzene rings is 3. The van der Waals surface area contributed by atoms with Gasteiger partial charge in [0.1, 0.15) is 18.1 Å². The van der Waals surface area contributed by atoms with E-state index in [0.29, 0.717) is 12.5 Å². The van der Waals surface area contributed by atoms with Crippen LogP contribution in [0.5, 0.6) is 11.5 Å². The second-order valence-electron chi connectivity index (χ2n) is 9.33. The number of likely N-dealkylation sites (N-methyl/N-ethyl adjacent to an activating group) is 1. The molecular weight excluding hydrogens is 473 g/mol. The molecule has 3 aromatic rings. The van der Waals surface area contributed by atoms with Crippen LogP contribution in [-0.2, 0) is 4.57 Å². The maximum Gasteiger partial charge on any atom is 0.524 e. The van der Waals surface area contributed by atoms with Crippen LogP contribution in [0.25, 0.3) is 5.57 Å². The summed E-state index contributed by atoms with van der Waals surface area (Å²) in [6.07, 6.45) is 2.12. The van der Waals surface area contributed by atoms with Crippen molar-refractivity contribution in [1.29, 1.82) is 0 Å². The summed E-state index contributed by atoms with van der Waals surface area (Å²) in [6.45, 7) is 7.83. The molecule has 0 radical (unpaired) electrons. The Labute approximate surface area is 214 Å². The van der Waals surface area contributed by atoms with E-state index in [9.17, 15) is 4.57 Å². The van der Waals surface area contributed by atoms with Gasteiger partial charge in [0, 0.05) is 12.5 Å². The summed E-state index contributed by atoms with van der Waals surface area (Å²) < 4.78 is 21.9. The minimum Gasteiger partial charge on any atom is -0.492 e. The number of phosphoric acid groups is 1. The molecule has 0 aromatic heterocycles. The van der Waals surface area contributed by atoms with Crippen LogP contribution >= 0.6 is 7.82 Å². The van der Waals surface area contributed by atoms with Crippen LogP contribution in [0.1, 0.15) is 54.9 Å². The van der Waals surface area contributed by atoms with Crippen LogP contribution in [-0.4, -0.2) is 41.9 Å². The Morgan fingerprint density at radius 3 is 1.81 bits per heavy atom. The molecule has 2 N–H and O–H groups in total. The number of nitrogens with zero attached hydrogens (tertiary/aromatic N) is 1. The first-order valence-corrected chi connectivity index (χ1v) is 13.6. The summed E-state index contributed by atoms with van der Waals surface area (Å²) in [7, 11) is -0.593.